The molecule has 1 N–H and O–H groups in total. The molecule has 2 aliphatic rings. The van der Waals surface area contributed by atoms with E-state index in [0.717, 1.165) is 50.6 Å². The van der Waals surface area contributed by atoms with Crippen LogP contribution in [0.4, 0.5) is 17.3 Å². The Hall–Kier alpha value is -2.84. The summed E-state index contributed by atoms with van der Waals surface area (Å²) in [6.45, 7) is 7.29. The molecule has 1 unspecified atom stereocenters. The van der Waals surface area contributed by atoms with E-state index in [9.17, 15) is 0 Å². The maximum absolute atomic E-state index is 6.55. The van der Waals surface area contributed by atoms with E-state index in [1.807, 2.05) is 30.3 Å². The van der Waals surface area contributed by atoms with Crippen LogP contribution in [0.15, 0.2) is 54.9 Å². The van der Waals surface area contributed by atoms with E-state index in [2.05, 4.69) is 50.3 Å². The quantitative estimate of drug-likeness (QED) is 0.648. The second-order valence-corrected chi connectivity index (χ2v) is 8.41. The fraction of sp³-hybridized carbons (Fsp3) is 0.391. The fourth-order valence-electron chi connectivity index (χ4n) is 4.40. The Morgan fingerprint density at radius 3 is 2.58 bits per heavy atom. The zero-order chi connectivity index (χ0) is 21.3. The second-order valence-electron chi connectivity index (χ2n) is 8.41. The number of ether oxygens (including phenoxy) is 1. The van der Waals surface area contributed by atoms with Crippen molar-refractivity contribution >= 4 is 25.2 Å². The number of aryl methyl sites for hydroxylation is 1. The Morgan fingerprint density at radius 2 is 1.84 bits per heavy atom. The van der Waals surface area contributed by atoms with E-state index in [1.54, 1.807) is 11.0 Å². The van der Waals surface area contributed by atoms with Gasteiger partial charge in [0.1, 0.15) is 6.33 Å². The van der Waals surface area contributed by atoms with E-state index in [4.69, 9.17) is 12.6 Å². The standard InChI is InChI=1S/C23H27BN6O/c1-18-13-19(26-22-25-17-30(27-22)20-5-3-2-4-6-20)15-21(14-18)28-8-10-29(11-9-28)23(24)7-12-31-16-23/h2-6,13-15,17H,7-12,16H2,1H3,(H,26,27). The third kappa shape index (κ3) is 4.31. The number of hydrogen-bond acceptors (Lipinski definition) is 6. The first kappa shape index (κ1) is 20.1. The molecular weight excluding hydrogens is 387 g/mol. The number of aromatic nitrogens is 3. The van der Waals surface area contributed by atoms with Gasteiger partial charge in [0, 0.05) is 49.6 Å². The van der Waals surface area contributed by atoms with E-state index in [0.29, 0.717) is 12.6 Å². The summed E-state index contributed by atoms with van der Waals surface area (Å²) in [4.78, 5) is 9.22. The smallest absolute Gasteiger partial charge is 0.246 e. The minimum Gasteiger partial charge on any atom is -0.380 e. The molecule has 0 saturated carbocycles. The molecule has 1 atom stereocenters. The third-order valence-electron chi connectivity index (χ3n) is 6.14. The topological polar surface area (TPSA) is 58.5 Å². The van der Waals surface area contributed by atoms with Crippen molar-refractivity contribution in [3.05, 3.63) is 60.4 Å². The van der Waals surface area contributed by atoms with Gasteiger partial charge in [0.25, 0.3) is 0 Å². The molecule has 2 aliphatic heterocycles. The Kier molecular flexibility index (Phi) is 5.42. The lowest BCUT2D eigenvalue weighted by molar-refractivity contribution is 0.115. The van der Waals surface area contributed by atoms with E-state index >= 15 is 0 Å². The van der Waals surface area contributed by atoms with Gasteiger partial charge < -0.3 is 19.9 Å². The van der Waals surface area contributed by atoms with Crippen molar-refractivity contribution in [2.45, 2.75) is 18.8 Å². The van der Waals surface area contributed by atoms with Crippen LogP contribution in [0.25, 0.3) is 5.69 Å². The maximum atomic E-state index is 6.55. The zero-order valence-electron chi connectivity index (χ0n) is 17.9. The minimum atomic E-state index is -0.297. The number of nitrogens with one attached hydrogen (secondary N) is 1. The van der Waals surface area contributed by atoms with Gasteiger partial charge in [-0.05, 0) is 49.2 Å². The van der Waals surface area contributed by atoms with Crippen LogP contribution >= 0.6 is 0 Å². The lowest BCUT2D eigenvalue weighted by Gasteiger charge is -2.44. The molecule has 1 aromatic heterocycles. The van der Waals surface area contributed by atoms with Crippen molar-refractivity contribution < 1.29 is 4.74 Å². The van der Waals surface area contributed by atoms with Crippen molar-refractivity contribution in [3.63, 3.8) is 0 Å². The van der Waals surface area contributed by atoms with Crippen LogP contribution in [0.3, 0.4) is 0 Å². The van der Waals surface area contributed by atoms with Crippen molar-refractivity contribution in [2.24, 2.45) is 0 Å². The summed E-state index contributed by atoms with van der Waals surface area (Å²) in [6, 6.07) is 16.5. The Morgan fingerprint density at radius 1 is 1.03 bits per heavy atom. The maximum Gasteiger partial charge on any atom is 0.246 e. The van der Waals surface area contributed by atoms with Crippen molar-refractivity contribution in [3.8, 4) is 5.69 Å². The SMILES string of the molecule is [B]C1(N2CCN(c3cc(C)cc(Nc4ncn(-c5ccccc5)n4)c3)CC2)CCOC1. The molecule has 0 aliphatic carbocycles. The summed E-state index contributed by atoms with van der Waals surface area (Å²) in [7, 11) is 6.55. The first-order valence-electron chi connectivity index (χ1n) is 10.8. The summed E-state index contributed by atoms with van der Waals surface area (Å²) in [5, 5.41) is 7.92. The fourth-order valence-corrected chi connectivity index (χ4v) is 4.40. The van der Waals surface area contributed by atoms with Crippen LogP contribution in [0.5, 0.6) is 0 Å². The van der Waals surface area contributed by atoms with Crippen LogP contribution in [-0.4, -0.2) is 72.3 Å². The molecule has 158 valence electrons. The largest absolute Gasteiger partial charge is 0.380 e. The summed E-state index contributed by atoms with van der Waals surface area (Å²) in [5.41, 5.74) is 4.08. The molecule has 8 heteroatoms. The van der Waals surface area contributed by atoms with E-state index in [1.165, 1.54) is 11.3 Å². The number of benzene rings is 2. The first-order chi connectivity index (χ1) is 15.1. The Bertz CT molecular complexity index is 1030. The predicted octanol–water partition coefficient (Wildman–Crippen LogP) is 2.73. The van der Waals surface area contributed by atoms with Gasteiger partial charge in [0.2, 0.25) is 5.95 Å². The van der Waals surface area contributed by atoms with Gasteiger partial charge in [0.15, 0.2) is 0 Å². The molecule has 2 saturated heterocycles. The van der Waals surface area contributed by atoms with Crippen LogP contribution in [0, 0.1) is 6.92 Å². The van der Waals surface area contributed by atoms with E-state index in [-0.39, 0.29) is 5.44 Å². The predicted molar refractivity (Wildman–Crippen MR) is 124 cm³/mol. The lowest BCUT2D eigenvalue weighted by Crippen LogP contribution is -2.58. The second kappa shape index (κ2) is 8.36. The molecule has 2 fully saturated rings. The zero-order valence-corrected chi connectivity index (χ0v) is 17.9. The monoisotopic (exact) mass is 414 g/mol. The van der Waals surface area contributed by atoms with Crippen LogP contribution in [0.2, 0.25) is 0 Å². The van der Waals surface area contributed by atoms with Gasteiger partial charge in [-0.1, -0.05) is 18.2 Å². The average Bonchev–Trinajstić information content (AvgIpc) is 3.44. The summed E-state index contributed by atoms with van der Waals surface area (Å²) in [6.07, 6.45) is 2.64. The molecule has 31 heavy (non-hydrogen) atoms. The van der Waals surface area contributed by atoms with Gasteiger partial charge in [0.05, 0.1) is 20.1 Å². The molecule has 0 amide bonds. The number of anilines is 3. The van der Waals surface area contributed by atoms with Crippen LogP contribution in [-0.2, 0) is 4.74 Å². The molecule has 7 nitrogen and oxygen atoms in total. The van der Waals surface area contributed by atoms with Crippen molar-refractivity contribution in [1.29, 1.82) is 0 Å². The summed E-state index contributed by atoms with van der Waals surface area (Å²) < 4.78 is 7.31. The highest BCUT2D eigenvalue weighted by molar-refractivity contribution is 6.15. The molecule has 3 heterocycles. The third-order valence-corrected chi connectivity index (χ3v) is 6.14. The van der Waals surface area contributed by atoms with E-state index < -0.39 is 0 Å². The molecule has 5 rings (SSSR count). The molecule has 0 spiro atoms. The van der Waals surface area contributed by atoms with Crippen LogP contribution in [0.1, 0.15) is 12.0 Å². The highest BCUT2D eigenvalue weighted by Crippen LogP contribution is 2.28. The number of para-hydroxylation sites is 1. The molecule has 0 bridgehead atoms. The Balaban J connectivity index is 1.27. The number of piperazine rings is 1. The highest BCUT2D eigenvalue weighted by Gasteiger charge is 2.36. The number of rotatable bonds is 5. The van der Waals surface area contributed by atoms with Gasteiger partial charge in [-0.2, -0.15) is 4.98 Å². The number of nitrogens with zero attached hydrogens (tertiary/aromatic N) is 5. The molecule has 2 aromatic carbocycles. The van der Waals surface area contributed by atoms with Crippen molar-refractivity contribution in [1.82, 2.24) is 19.7 Å². The lowest BCUT2D eigenvalue weighted by atomic mass is 9.75. The summed E-state index contributed by atoms with van der Waals surface area (Å²) in [5.74, 6) is 0.580. The van der Waals surface area contributed by atoms with Gasteiger partial charge in [-0.15, -0.1) is 5.10 Å². The van der Waals surface area contributed by atoms with Crippen LogP contribution < -0.4 is 10.2 Å². The van der Waals surface area contributed by atoms with Gasteiger partial charge in [-0.3, -0.25) is 0 Å². The molecule has 3 aromatic rings. The van der Waals surface area contributed by atoms with Gasteiger partial charge in [-0.25, -0.2) is 4.68 Å². The minimum absolute atomic E-state index is 0.297. The average molecular weight is 414 g/mol. The van der Waals surface area contributed by atoms with Crippen molar-refractivity contribution in [2.75, 3.05) is 49.6 Å². The summed E-state index contributed by atoms with van der Waals surface area (Å²) >= 11 is 0. The number of hydrogen-bond donors (Lipinski definition) is 1. The molecule has 2 radical (unpaired) electrons. The molecular formula is C23H27BN6O. The normalized spacial score (nSPS) is 22.0. The highest BCUT2D eigenvalue weighted by atomic mass is 16.5. The first-order valence-corrected chi connectivity index (χ1v) is 10.8. The van der Waals surface area contributed by atoms with Gasteiger partial charge >= 0.3 is 0 Å². The Labute approximate surface area is 184 Å².